The first-order valence-electron chi connectivity index (χ1n) is 8.78. The van der Waals surface area contributed by atoms with Crippen molar-refractivity contribution in [2.24, 2.45) is 5.92 Å². The van der Waals surface area contributed by atoms with Gasteiger partial charge in [-0.3, -0.25) is 4.79 Å². The Hall–Kier alpha value is -2.13. The first-order valence-corrected chi connectivity index (χ1v) is 8.78. The lowest BCUT2D eigenvalue weighted by Gasteiger charge is -2.28. The number of anilines is 1. The Balaban J connectivity index is 1.60. The highest BCUT2D eigenvalue weighted by atomic mass is 16.3. The molecule has 2 N–H and O–H groups in total. The van der Waals surface area contributed by atoms with E-state index in [0.29, 0.717) is 5.92 Å². The van der Waals surface area contributed by atoms with Crippen molar-refractivity contribution >= 4 is 11.6 Å². The first-order chi connectivity index (χ1) is 11.6. The van der Waals surface area contributed by atoms with Crippen molar-refractivity contribution in [2.45, 2.75) is 44.6 Å². The molecule has 2 aromatic carbocycles. The van der Waals surface area contributed by atoms with Crippen LogP contribution >= 0.6 is 0 Å². The zero-order chi connectivity index (χ0) is 16.9. The summed E-state index contributed by atoms with van der Waals surface area (Å²) >= 11 is 0. The summed E-state index contributed by atoms with van der Waals surface area (Å²) in [6, 6.07) is 18.1. The lowest BCUT2D eigenvalue weighted by Crippen LogP contribution is -2.27. The van der Waals surface area contributed by atoms with Crippen LogP contribution in [0.3, 0.4) is 0 Å². The van der Waals surface area contributed by atoms with Gasteiger partial charge in [0.15, 0.2) is 0 Å². The number of hydrogen-bond donors (Lipinski definition) is 2. The van der Waals surface area contributed by atoms with Gasteiger partial charge in [0, 0.05) is 17.2 Å². The number of nitrogens with one attached hydrogen (secondary N) is 1. The van der Waals surface area contributed by atoms with E-state index in [2.05, 4.69) is 29.6 Å². The average molecular weight is 323 g/mol. The highest BCUT2D eigenvalue weighted by molar-refractivity contribution is 5.93. The number of amides is 1. The average Bonchev–Trinajstić information content (AvgIpc) is 2.63. The van der Waals surface area contributed by atoms with E-state index in [1.165, 1.54) is 5.56 Å². The van der Waals surface area contributed by atoms with E-state index in [9.17, 15) is 9.90 Å². The van der Waals surface area contributed by atoms with Crippen LogP contribution in [0.5, 0.6) is 0 Å². The van der Waals surface area contributed by atoms with Crippen LogP contribution in [0, 0.1) is 5.92 Å². The van der Waals surface area contributed by atoms with Crippen LogP contribution in [-0.2, 0) is 4.79 Å². The van der Waals surface area contributed by atoms with E-state index >= 15 is 0 Å². The molecule has 0 heterocycles. The quantitative estimate of drug-likeness (QED) is 0.860. The molecule has 2 aromatic rings. The Labute approximate surface area is 143 Å². The highest BCUT2D eigenvalue weighted by Gasteiger charge is 2.27. The fraction of sp³-hybridized carbons (Fsp3) is 0.381. The van der Waals surface area contributed by atoms with Crippen molar-refractivity contribution in [3.05, 3.63) is 65.7 Å². The van der Waals surface area contributed by atoms with E-state index in [-0.39, 0.29) is 11.8 Å². The number of aliphatic hydroxyl groups is 1. The molecular formula is C21H25NO2. The summed E-state index contributed by atoms with van der Waals surface area (Å²) in [5.74, 6) is 0.710. The molecule has 1 amide bonds. The Morgan fingerprint density at radius 2 is 1.62 bits per heavy atom. The predicted octanol–water partition coefficient (Wildman–Crippen LogP) is 4.65. The molecule has 1 aliphatic rings. The molecule has 24 heavy (non-hydrogen) atoms. The molecule has 1 saturated carbocycles. The molecule has 126 valence electrons. The Morgan fingerprint density at radius 1 is 1.00 bits per heavy atom. The molecule has 1 fully saturated rings. The Bertz CT molecular complexity index is 673. The largest absolute Gasteiger partial charge is 0.389 e. The number of para-hydroxylation sites is 1. The highest BCUT2D eigenvalue weighted by Crippen LogP contribution is 2.36. The number of benzene rings is 2. The lowest BCUT2D eigenvalue weighted by molar-refractivity contribution is -0.120. The molecule has 1 aliphatic carbocycles. The monoisotopic (exact) mass is 323 g/mol. The van der Waals surface area contributed by atoms with Crippen LogP contribution < -0.4 is 5.32 Å². The van der Waals surface area contributed by atoms with Crippen LogP contribution in [0.1, 0.15) is 55.8 Å². The van der Waals surface area contributed by atoms with E-state index < -0.39 is 6.10 Å². The van der Waals surface area contributed by atoms with E-state index in [1.807, 2.05) is 30.3 Å². The van der Waals surface area contributed by atoms with Crippen molar-refractivity contribution in [2.75, 3.05) is 5.32 Å². The summed E-state index contributed by atoms with van der Waals surface area (Å²) in [6.45, 7) is 1.72. The van der Waals surface area contributed by atoms with Gasteiger partial charge in [-0.2, -0.15) is 0 Å². The first kappa shape index (κ1) is 16.7. The van der Waals surface area contributed by atoms with Crippen molar-refractivity contribution in [3.63, 3.8) is 0 Å². The van der Waals surface area contributed by atoms with Crippen LogP contribution in [0.15, 0.2) is 54.6 Å². The van der Waals surface area contributed by atoms with Crippen LogP contribution in [0.2, 0.25) is 0 Å². The third-order valence-electron chi connectivity index (χ3n) is 5.04. The zero-order valence-corrected chi connectivity index (χ0v) is 14.1. The van der Waals surface area contributed by atoms with E-state index in [0.717, 1.165) is 36.9 Å². The van der Waals surface area contributed by atoms with Gasteiger partial charge in [0.05, 0.1) is 6.10 Å². The SMILES string of the molecule is CC(O)c1ccccc1NC(=O)C1CCC(c2ccccc2)CC1. The standard InChI is InChI=1S/C21H25NO2/c1-15(23)19-9-5-6-10-20(19)22-21(24)18-13-11-17(12-14-18)16-7-3-2-4-8-16/h2-10,15,17-18,23H,11-14H2,1H3,(H,22,24). The van der Waals surface area contributed by atoms with Gasteiger partial charge >= 0.3 is 0 Å². The lowest BCUT2D eigenvalue weighted by atomic mass is 9.78. The van der Waals surface area contributed by atoms with Crippen LogP contribution in [-0.4, -0.2) is 11.0 Å². The molecule has 3 nitrogen and oxygen atoms in total. The Kier molecular flexibility index (Phi) is 5.31. The molecule has 1 unspecified atom stereocenters. The van der Waals surface area contributed by atoms with Crippen molar-refractivity contribution in [1.29, 1.82) is 0 Å². The predicted molar refractivity (Wildman–Crippen MR) is 96.8 cm³/mol. The van der Waals surface area contributed by atoms with E-state index in [1.54, 1.807) is 6.92 Å². The van der Waals surface area contributed by atoms with Gasteiger partial charge in [-0.05, 0) is 50.2 Å². The van der Waals surface area contributed by atoms with Crippen molar-refractivity contribution < 1.29 is 9.90 Å². The van der Waals surface area contributed by atoms with Crippen molar-refractivity contribution in [1.82, 2.24) is 0 Å². The van der Waals surface area contributed by atoms with Crippen molar-refractivity contribution in [3.8, 4) is 0 Å². The summed E-state index contributed by atoms with van der Waals surface area (Å²) in [5, 5.41) is 12.9. The molecule has 0 spiro atoms. The van der Waals surface area contributed by atoms with Gasteiger partial charge in [-0.15, -0.1) is 0 Å². The summed E-state index contributed by atoms with van der Waals surface area (Å²) < 4.78 is 0. The van der Waals surface area contributed by atoms with Crippen LogP contribution in [0.25, 0.3) is 0 Å². The molecule has 0 saturated heterocycles. The van der Waals surface area contributed by atoms with Crippen LogP contribution in [0.4, 0.5) is 5.69 Å². The molecule has 0 radical (unpaired) electrons. The molecule has 0 aromatic heterocycles. The normalized spacial score (nSPS) is 21.9. The minimum Gasteiger partial charge on any atom is -0.389 e. The molecule has 1 atom stereocenters. The maximum absolute atomic E-state index is 12.6. The molecule has 3 rings (SSSR count). The number of carbonyl (C=O) groups excluding carboxylic acids is 1. The smallest absolute Gasteiger partial charge is 0.227 e. The molecule has 0 bridgehead atoms. The summed E-state index contributed by atoms with van der Waals surface area (Å²) in [5.41, 5.74) is 2.88. The van der Waals surface area contributed by atoms with Gasteiger partial charge in [0.25, 0.3) is 0 Å². The minimum atomic E-state index is -0.588. The minimum absolute atomic E-state index is 0.0621. The number of aliphatic hydroxyl groups excluding tert-OH is 1. The van der Waals surface area contributed by atoms with E-state index in [4.69, 9.17) is 0 Å². The molecular weight excluding hydrogens is 298 g/mol. The van der Waals surface area contributed by atoms with Gasteiger partial charge in [-0.1, -0.05) is 48.5 Å². The Morgan fingerprint density at radius 3 is 2.29 bits per heavy atom. The zero-order valence-electron chi connectivity index (χ0n) is 14.1. The third kappa shape index (κ3) is 3.85. The third-order valence-corrected chi connectivity index (χ3v) is 5.04. The van der Waals surface area contributed by atoms with Gasteiger partial charge in [-0.25, -0.2) is 0 Å². The number of carbonyl (C=O) groups is 1. The number of hydrogen-bond acceptors (Lipinski definition) is 2. The second kappa shape index (κ2) is 7.63. The molecule has 3 heteroatoms. The summed E-state index contributed by atoms with van der Waals surface area (Å²) in [4.78, 5) is 12.6. The van der Waals surface area contributed by atoms with Gasteiger partial charge in [0.2, 0.25) is 5.91 Å². The maximum Gasteiger partial charge on any atom is 0.227 e. The maximum atomic E-state index is 12.6. The fourth-order valence-corrected chi connectivity index (χ4v) is 3.62. The second-order valence-electron chi connectivity index (χ2n) is 6.71. The second-order valence-corrected chi connectivity index (χ2v) is 6.71. The van der Waals surface area contributed by atoms with Gasteiger partial charge < -0.3 is 10.4 Å². The number of rotatable bonds is 4. The van der Waals surface area contributed by atoms with Gasteiger partial charge in [0.1, 0.15) is 0 Å². The molecule has 0 aliphatic heterocycles. The summed E-state index contributed by atoms with van der Waals surface area (Å²) in [7, 11) is 0. The topological polar surface area (TPSA) is 49.3 Å². The summed E-state index contributed by atoms with van der Waals surface area (Å²) in [6.07, 6.45) is 3.36. The fourth-order valence-electron chi connectivity index (χ4n) is 3.62.